The van der Waals surface area contributed by atoms with Gasteiger partial charge in [-0.15, -0.1) is 0 Å². The first-order valence-electron chi connectivity index (χ1n) is 6.93. The number of fused-ring (bicyclic) bond motifs is 1. The first-order chi connectivity index (χ1) is 9.74. The van der Waals surface area contributed by atoms with Crippen LogP contribution in [0.5, 0.6) is 0 Å². The fourth-order valence-electron chi connectivity index (χ4n) is 2.42. The summed E-state index contributed by atoms with van der Waals surface area (Å²) in [5, 5.41) is 0. The summed E-state index contributed by atoms with van der Waals surface area (Å²) in [6, 6.07) is 10.0. The Balaban J connectivity index is 2.29. The van der Waals surface area contributed by atoms with Crippen molar-refractivity contribution in [2.24, 2.45) is 0 Å². The summed E-state index contributed by atoms with van der Waals surface area (Å²) in [7, 11) is 0. The number of aromatic amines is 1. The third-order valence-corrected chi connectivity index (χ3v) is 3.52. The second kappa shape index (κ2) is 4.96. The van der Waals surface area contributed by atoms with Crippen molar-refractivity contribution in [1.29, 1.82) is 0 Å². The third kappa shape index (κ3) is 1.93. The third-order valence-electron chi connectivity index (χ3n) is 3.52. The molecule has 0 saturated heterocycles. The number of benzene rings is 1. The summed E-state index contributed by atoms with van der Waals surface area (Å²) in [6.45, 7) is 4.02. The number of aromatic nitrogens is 3. The van der Waals surface area contributed by atoms with E-state index in [2.05, 4.69) is 16.9 Å². The van der Waals surface area contributed by atoms with E-state index in [1.54, 1.807) is 4.57 Å². The lowest BCUT2D eigenvalue weighted by atomic mass is 10.1. The molecule has 3 rings (SSSR count). The smallest absolute Gasteiger partial charge is 0.278 e. The molecule has 102 valence electrons. The van der Waals surface area contributed by atoms with Crippen molar-refractivity contribution >= 4 is 0 Å². The molecule has 4 heteroatoms. The predicted octanol–water partition coefficient (Wildman–Crippen LogP) is 2.79. The highest BCUT2D eigenvalue weighted by atomic mass is 16.1. The number of H-pyrrole nitrogens is 1. The molecule has 0 atom stereocenters. The van der Waals surface area contributed by atoms with Gasteiger partial charge < -0.3 is 4.98 Å². The second-order valence-corrected chi connectivity index (χ2v) is 4.78. The van der Waals surface area contributed by atoms with Gasteiger partial charge in [-0.3, -0.25) is 9.36 Å². The van der Waals surface area contributed by atoms with Crippen LogP contribution in [0.3, 0.4) is 0 Å². The molecule has 1 aromatic rings. The van der Waals surface area contributed by atoms with E-state index in [9.17, 15) is 4.79 Å². The largest absolute Gasteiger partial charge is 0.354 e. The number of hydrogen-bond donors (Lipinski definition) is 1. The highest BCUT2D eigenvalue weighted by Crippen LogP contribution is 2.21. The zero-order chi connectivity index (χ0) is 14.1. The maximum atomic E-state index is 12.3. The van der Waals surface area contributed by atoms with Crippen molar-refractivity contribution < 1.29 is 0 Å². The maximum Gasteiger partial charge on any atom is 0.278 e. The standard InChI is InChI=1S/C16H17N3O/c1-3-12-15-18-13(4-2)16(20)19(15)10-14(17-12)11-8-6-5-7-9-11/h5-10,17H,3-4H2,1-2H3. The first kappa shape index (κ1) is 12.7. The molecule has 0 unspecified atom stereocenters. The van der Waals surface area contributed by atoms with Gasteiger partial charge in [-0.25, -0.2) is 4.98 Å². The van der Waals surface area contributed by atoms with Crippen LogP contribution >= 0.6 is 0 Å². The number of nitrogens with zero attached hydrogens (tertiary/aromatic N) is 2. The molecule has 4 nitrogen and oxygen atoms in total. The zero-order valence-electron chi connectivity index (χ0n) is 11.7. The van der Waals surface area contributed by atoms with Crippen LogP contribution in [-0.2, 0) is 12.8 Å². The monoisotopic (exact) mass is 267 g/mol. The fraction of sp³-hybridized carbons (Fsp3) is 0.250. The average Bonchev–Trinajstić information content (AvgIpc) is 2.84. The van der Waals surface area contributed by atoms with Gasteiger partial charge in [0.2, 0.25) is 0 Å². The Morgan fingerprint density at radius 1 is 1.15 bits per heavy atom. The van der Waals surface area contributed by atoms with Crippen molar-refractivity contribution in [1.82, 2.24) is 14.5 Å². The van der Waals surface area contributed by atoms with Gasteiger partial charge in [0.1, 0.15) is 5.69 Å². The van der Waals surface area contributed by atoms with Crippen LogP contribution < -0.4 is 5.56 Å². The summed E-state index contributed by atoms with van der Waals surface area (Å²) in [5.41, 5.74) is 3.60. The normalized spacial score (nSPS) is 11.1. The van der Waals surface area contributed by atoms with Gasteiger partial charge in [0.15, 0.2) is 5.82 Å². The summed E-state index contributed by atoms with van der Waals surface area (Å²) in [5.74, 6) is 0.744. The number of nitrogens with one attached hydrogen (secondary N) is 1. The molecule has 0 spiro atoms. The van der Waals surface area contributed by atoms with Crippen LogP contribution in [0, 0.1) is 0 Å². The molecule has 0 bridgehead atoms. The molecular weight excluding hydrogens is 250 g/mol. The van der Waals surface area contributed by atoms with E-state index < -0.39 is 0 Å². The van der Waals surface area contributed by atoms with E-state index in [1.807, 2.05) is 43.5 Å². The minimum absolute atomic E-state index is 0.0108. The molecule has 2 aliphatic rings. The molecule has 1 N–H and O–H groups in total. The molecule has 1 aromatic carbocycles. The highest BCUT2D eigenvalue weighted by molar-refractivity contribution is 5.59. The summed E-state index contributed by atoms with van der Waals surface area (Å²) < 4.78 is 1.66. The van der Waals surface area contributed by atoms with Crippen molar-refractivity contribution in [2.75, 3.05) is 0 Å². The molecule has 0 radical (unpaired) electrons. The van der Waals surface area contributed by atoms with Crippen molar-refractivity contribution in [3.8, 4) is 17.1 Å². The predicted molar refractivity (Wildman–Crippen MR) is 79.6 cm³/mol. The maximum absolute atomic E-state index is 12.3. The Bertz CT molecular complexity index is 755. The van der Waals surface area contributed by atoms with Gasteiger partial charge in [0, 0.05) is 6.20 Å². The lowest BCUT2D eigenvalue weighted by molar-refractivity contribution is 0.902. The molecule has 0 aromatic heterocycles. The summed E-state index contributed by atoms with van der Waals surface area (Å²) in [4.78, 5) is 20.1. The lowest BCUT2D eigenvalue weighted by Gasteiger charge is -2.11. The molecule has 2 aliphatic heterocycles. The Hall–Kier alpha value is -2.36. The quantitative estimate of drug-likeness (QED) is 0.793. The van der Waals surface area contributed by atoms with E-state index in [1.165, 1.54) is 0 Å². The zero-order valence-corrected chi connectivity index (χ0v) is 11.7. The van der Waals surface area contributed by atoms with Crippen molar-refractivity contribution in [2.45, 2.75) is 26.7 Å². The molecular formula is C16H17N3O. The van der Waals surface area contributed by atoms with Crippen LogP contribution in [0.15, 0.2) is 41.3 Å². The number of hydrogen-bond acceptors (Lipinski definition) is 2. The van der Waals surface area contributed by atoms with Crippen LogP contribution in [-0.4, -0.2) is 14.5 Å². The topological polar surface area (TPSA) is 50.7 Å². The van der Waals surface area contributed by atoms with E-state index in [0.29, 0.717) is 12.1 Å². The molecule has 0 amide bonds. The second-order valence-electron chi connectivity index (χ2n) is 4.78. The van der Waals surface area contributed by atoms with Gasteiger partial charge >= 0.3 is 0 Å². The number of imidazole rings is 1. The summed E-state index contributed by atoms with van der Waals surface area (Å²) >= 11 is 0. The first-order valence-corrected chi connectivity index (χ1v) is 6.93. The Morgan fingerprint density at radius 3 is 2.55 bits per heavy atom. The number of aryl methyl sites for hydroxylation is 2. The van der Waals surface area contributed by atoms with Gasteiger partial charge in [-0.2, -0.15) is 0 Å². The van der Waals surface area contributed by atoms with Crippen LogP contribution in [0.2, 0.25) is 0 Å². The molecule has 2 heterocycles. The van der Waals surface area contributed by atoms with E-state index in [-0.39, 0.29) is 5.56 Å². The SMILES string of the molecule is CCc1[nH]c(-c2ccccc2)cn2c(=O)c(CC)nc1-2. The van der Waals surface area contributed by atoms with Crippen LogP contribution in [0.25, 0.3) is 17.1 Å². The van der Waals surface area contributed by atoms with Crippen molar-refractivity contribution in [3.63, 3.8) is 0 Å². The molecule has 0 fully saturated rings. The van der Waals surface area contributed by atoms with E-state index >= 15 is 0 Å². The van der Waals surface area contributed by atoms with Crippen LogP contribution in [0.4, 0.5) is 0 Å². The van der Waals surface area contributed by atoms with Gasteiger partial charge in [-0.1, -0.05) is 44.2 Å². The highest BCUT2D eigenvalue weighted by Gasteiger charge is 2.17. The van der Waals surface area contributed by atoms with Gasteiger partial charge in [-0.05, 0) is 18.4 Å². The molecule has 20 heavy (non-hydrogen) atoms. The average molecular weight is 267 g/mol. The summed E-state index contributed by atoms with van der Waals surface area (Å²) in [6.07, 6.45) is 3.31. The Kier molecular flexibility index (Phi) is 3.14. The Morgan fingerprint density at radius 2 is 1.90 bits per heavy atom. The molecule has 0 saturated carbocycles. The minimum Gasteiger partial charge on any atom is -0.354 e. The minimum atomic E-state index is -0.0108. The fourth-order valence-corrected chi connectivity index (χ4v) is 2.42. The van der Waals surface area contributed by atoms with E-state index in [4.69, 9.17) is 0 Å². The number of rotatable bonds is 3. The van der Waals surface area contributed by atoms with Crippen LogP contribution in [0.1, 0.15) is 25.2 Å². The lowest BCUT2D eigenvalue weighted by Crippen LogP contribution is -2.17. The van der Waals surface area contributed by atoms with Gasteiger partial charge in [0.05, 0.1) is 11.4 Å². The van der Waals surface area contributed by atoms with E-state index in [0.717, 1.165) is 29.2 Å². The van der Waals surface area contributed by atoms with Crippen molar-refractivity contribution in [3.05, 3.63) is 58.3 Å². The Labute approximate surface area is 117 Å². The van der Waals surface area contributed by atoms with Gasteiger partial charge in [0.25, 0.3) is 5.56 Å². The molecule has 0 aliphatic carbocycles.